The number of para-hydroxylation sites is 1. The third-order valence-electron chi connectivity index (χ3n) is 4.08. The first kappa shape index (κ1) is 20.6. The van der Waals surface area contributed by atoms with Crippen LogP contribution < -0.4 is 9.47 Å². The van der Waals surface area contributed by atoms with Gasteiger partial charge < -0.3 is 24.0 Å². The fraction of sp³-hybridized carbons (Fsp3) is 0.500. The Labute approximate surface area is 160 Å². The SMILES string of the molecule is COc1cccc(/C=C/C(=O)N2CCN(C(=O)OC(C)(C)C)CC2)c1OC. The molecule has 0 spiro atoms. The minimum absolute atomic E-state index is 0.108. The van der Waals surface area contributed by atoms with Crippen LogP contribution in [0, 0.1) is 0 Å². The van der Waals surface area contributed by atoms with Crippen LogP contribution in [0.2, 0.25) is 0 Å². The molecule has 1 fully saturated rings. The third kappa shape index (κ3) is 5.64. The minimum atomic E-state index is -0.525. The molecule has 1 aromatic carbocycles. The van der Waals surface area contributed by atoms with Crippen molar-refractivity contribution in [3.8, 4) is 11.5 Å². The zero-order valence-corrected chi connectivity index (χ0v) is 16.7. The van der Waals surface area contributed by atoms with Crippen molar-refractivity contribution < 1.29 is 23.8 Å². The Morgan fingerprint density at radius 1 is 1.00 bits per heavy atom. The van der Waals surface area contributed by atoms with E-state index >= 15 is 0 Å². The van der Waals surface area contributed by atoms with E-state index in [0.717, 1.165) is 5.56 Å². The molecule has 0 radical (unpaired) electrons. The lowest BCUT2D eigenvalue weighted by Crippen LogP contribution is -2.51. The summed E-state index contributed by atoms with van der Waals surface area (Å²) in [6, 6.07) is 5.49. The number of methoxy groups -OCH3 is 2. The fourth-order valence-corrected chi connectivity index (χ4v) is 2.75. The first-order valence-electron chi connectivity index (χ1n) is 8.91. The summed E-state index contributed by atoms with van der Waals surface area (Å²) in [6.07, 6.45) is 2.89. The molecular formula is C20H28N2O5. The Bertz CT molecular complexity index is 701. The zero-order chi connectivity index (χ0) is 20.0. The van der Waals surface area contributed by atoms with E-state index < -0.39 is 5.60 Å². The zero-order valence-electron chi connectivity index (χ0n) is 16.7. The van der Waals surface area contributed by atoms with Gasteiger partial charge in [0.1, 0.15) is 5.60 Å². The topological polar surface area (TPSA) is 68.3 Å². The van der Waals surface area contributed by atoms with Crippen molar-refractivity contribution in [1.29, 1.82) is 0 Å². The highest BCUT2D eigenvalue weighted by molar-refractivity contribution is 5.92. The molecule has 0 atom stereocenters. The number of ether oxygens (including phenoxy) is 3. The van der Waals surface area contributed by atoms with Crippen LogP contribution in [0.25, 0.3) is 6.08 Å². The second kappa shape index (κ2) is 8.79. The van der Waals surface area contributed by atoms with E-state index in [4.69, 9.17) is 14.2 Å². The molecule has 1 aliphatic heterocycles. The van der Waals surface area contributed by atoms with Crippen molar-refractivity contribution in [3.63, 3.8) is 0 Å². The lowest BCUT2D eigenvalue weighted by molar-refractivity contribution is -0.127. The van der Waals surface area contributed by atoms with Crippen LogP contribution in [-0.4, -0.2) is 67.8 Å². The maximum Gasteiger partial charge on any atom is 0.410 e. The molecule has 7 heteroatoms. The minimum Gasteiger partial charge on any atom is -0.493 e. The van der Waals surface area contributed by atoms with Gasteiger partial charge in [-0.2, -0.15) is 0 Å². The maximum atomic E-state index is 12.5. The normalized spacial score (nSPS) is 15.0. The molecular weight excluding hydrogens is 348 g/mol. The number of hydrogen-bond acceptors (Lipinski definition) is 5. The second-order valence-corrected chi connectivity index (χ2v) is 7.21. The van der Waals surface area contributed by atoms with Gasteiger partial charge in [0.2, 0.25) is 5.91 Å². The molecule has 1 aromatic rings. The van der Waals surface area contributed by atoms with E-state index in [-0.39, 0.29) is 12.0 Å². The number of rotatable bonds is 4. The molecule has 0 N–H and O–H groups in total. The number of benzene rings is 1. The molecule has 27 heavy (non-hydrogen) atoms. The molecule has 0 unspecified atom stereocenters. The molecule has 2 rings (SSSR count). The number of piperazine rings is 1. The van der Waals surface area contributed by atoms with Crippen molar-refractivity contribution in [3.05, 3.63) is 29.8 Å². The molecule has 7 nitrogen and oxygen atoms in total. The van der Waals surface area contributed by atoms with E-state index in [1.807, 2.05) is 32.9 Å². The van der Waals surface area contributed by atoms with Crippen molar-refractivity contribution in [2.24, 2.45) is 0 Å². The Morgan fingerprint density at radius 3 is 2.19 bits per heavy atom. The largest absolute Gasteiger partial charge is 0.493 e. The predicted octanol–water partition coefficient (Wildman–Crippen LogP) is 2.80. The Balaban J connectivity index is 1.95. The van der Waals surface area contributed by atoms with Gasteiger partial charge in [0, 0.05) is 37.8 Å². The summed E-state index contributed by atoms with van der Waals surface area (Å²) < 4.78 is 16.0. The first-order chi connectivity index (χ1) is 12.7. The molecule has 0 aromatic heterocycles. The van der Waals surface area contributed by atoms with Gasteiger partial charge in [0.15, 0.2) is 11.5 Å². The van der Waals surface area contributed by atoms with E-state index in [1.54, 1.807) is 36.2 Å². The van der Waals surface area contributed by atoms with Crippen LogP contribution in [-0.2, 0) is 9.53 Å². The first-order valence-corrected chi connectivity index (χ1v) is 8.91. The summed E-state index contributed by atoms with van der Waals surface area (Å²) in [7, 11) is 3.13. The van der Waals surface area contributed by atoms with Crippen LogP contribution in [0.5, 0.6) is 11.5 Å². The van der Waals surface area contributed by atoms with Gasteiger partial charge in [-0.1, -0.05) is 12.1 Å². The fourth-order valence-electron chi connectivity index (χ4n) is 2.75. The van der Waals surface area contributed by atoms with Crippen LogP contribution in [0.15, 0.2) is 24.3 Å². The summed E-state index contributed by atoms with van der Waals surface area (Å²) >= 11 is 0. The molecule has 2 amide bonds. The molecule has 0 saturated carbocycles. The van der Waals surface area contributed by atoms with Gasteiger partial charge in [0.25, 0.3) is 0 Å². The summed E-state index contributed by atoms with van der Waals surface area (Å²) in [5.41, 5.74) is 0.236. The van der Waals surface area contributed by atoms with Crippen molar-refractivity contribution in [2.75, 3.05) is 40.4 Å². The Morgan fingerprint density at radius 2 is 1.63 bits per heavy atom. The number of carbonyl (C=O) groups excluding carboxylic acids is 2. The number of hydrogen-bond donors (Lipinski definition) is 0. The average molecular weight is 376 g/mol. The van der Waals surface area contributed by atoms with Gasteiger partial charge in [0.05, 0.1) is 14.2 Å². The predicted molar refractivity (Wildman–Crippen MR) is 103 cm³/mol. The summed E-state index contributed by atoms with van der Waals surface area (Å²) in [4.78, 5) is 27.9. The van der Waals surface area contributed by atoms with E-state index in [2.05, 4.69) is 0 Å². The lowest BCUT2D eigenvalue weighted by atomic mass is 10.1. The van der Waals surface area contributed by atoms with E-state index in [9.17, 15) is 9.59 Å². The highest BCUT2D eigenvalue weighted by Crippen LogP contribution is 2.31. The van der Waals surface area contributed by atoms with Gasteiger partial charge in [-0.3, -0.25) is 4.79 Å². The lowest BCUT2D eigenvalue weighted by Gasteiger charge is -2.35. The smallest absolute Gasteiger partial charge is 0.410 e. The Hall–Kier alpha value is -2.70. The van der Waals surface area contributed by atoms with Crippen LogP contribution in [0.3, 0.4) is 0 Å². The quantitative estimate of drug-likeness (QED) is 0.756. The van der Waals surface area contributed by atoms with Crippen molar-refractivity contribution >= 4 is 18.1 Å². The third-order valence-corrected chi connectivity index (χ3v) is 4.08. The van der Waals surface area contributed by atoms with Gasteiger partial charge in [-0.05, 0) is 32.9 Å². The molecule has 1 aliphatic rings. The van der Waals surface area contributed by atoms with Gasteiger partial charge in [-0.15, -0.1) is 0 Å². The second-order valence-electron chi connectivity index (χ2n) is 7.21. The average Bonchev–Trinajstić information content (AvgIpc) is 2.64. The highest BCUT2D eigenvalue weighted by Gasteiger charge is 2.27. The highest BCUT2D eigenvalue weighted by atomic mass is 16.6. The summed E-state index contributed by atoms with van der Waals surface area (Å²) in [5, 5.41) is 0. The molecule has 1 heterocycles. The molecule has 0 aliphatic carbocycles. The molecule has 1 saturated heterocycles. The molecule has 148 valence electrons. The van der Waals surface area contributed by atoms with Crippen LogP contribution in [0.4, 0.5) is 4.79 Å². The van der Waals surface area contributed by atoms with Crippen molar-refractivity contribution in [1.82, 2.24) is 9.80 Å². The van der Waals surface area contributed by atoms with Gasteiger partial charge in [-0.25, -0.2) is 4.79 Å². The number of carbonyl (C=O) groups is 2. The van der Waals surface area contributed by atoms with Crippen LogP contribution in [0.1, 0.15) is 26.3 Å². The standard InChI is InChI=1S/C20H28N2O5/c1-20(2,3)27-19(24)22-13-11-21(12-14-22)17(23)10-9-15-7-6-8-16(25-4)18(15)26-5/h6-10H,11-14H2,1-5H3/b10-9+. The number of amides is 2. The van der Waals surface area contributed by atoms with Crippen molar-refractivity contribution in [2.45, 2.75) is 26.4 Å². The van der Waals surface area contributed by atoms with E-state index in [1.165, 1.54) is 6.08 Å². The van der Waals surface area contributed by atoms with Crippen LogP contribution >= 0.6 is 0 Å². The maximum absolute atomic E-state index is 12.5. The summed E-state index contributed by atoms with van der Waals surface area (Å²) in [6.45, 7) is 7.36. The van der Waals surface area contributed by atoms with Gasteiger partial charge >= 0.3 is 6.09 Å². The number of nitrogens with zero attached hydrogens (tertiary/aromatic N) is 2. The summed E-state index contributed by atoms with van der Waals surface area (Å²) in [5.74, 6) is 1.08. The molecule has 0 bridgehead atoms. The monoisotopic (exact) mass is 376 g/mol. The van der Waals surface area contributed by atoms with E-state index in [0.29, 0.717) is 37.7 Å². The Kier molecular flexibility index (Phi) is 6.71.